The van der Waals surface area contributed by atoms with Gasteiger partial charge in [0.25, 0.3) is 0 Å². The Morgan fingerprint density at radius 3 is 2.29 bits per heavy atom. The van der Waals surface area contributed by atoms with E-state index in [4.69, 9.17) is 0 Å². The molecule has 0 atom stereocenters. The molecular formula is C26H39N3OS. The van der Waals surface area contributed by atoms with Crippen LogP contribution in [0, 0.1) is 19.8 Å². The number of thioether (sulfide) groups is 1. The molecule has 0 aliphatic carbocycles. The summed E-state index contributed by atoms with van der Waals surface area (Å²) in [7, 11) is 1.92. The molecular weight excluding hydrogens is 402 g/mol. The van der Waals surface area contributed by atoms with Gasteiger partial charge in [0.05, 0.1) is 5.88 Å². The van der Waals surface area contributed by atoms with Crippen LogP contribution in [-0.4, -0.2) is 25.5 Å². The van der Waals surface area contributed by atoms with Crippen molar-refractivity contribution in [1.82, 2.24) is 16.0 Å². The topological polar surface area (TPSA) is 53.2 Å². The fraction of sp³-hybridized carbons (Fsp3) is 0.346. The van der Waals surface area contributed by atoms with Crippen LogP contribution in [0.1, 0.15) is 51.3 Å². The molecule has 1 aromatic carbocycles. The maximum absolute atomic E-state index is 11.6. The second-order valence-corrected chi connectivity index (χ2v) is 6.77. The van der Waals surface area contributed by atoms with Crippen LogP contribution in [-0.2, 0) is 0 Å². The van der Waals surface area contributed by atoms with Crippen LogP contribution in [0.3, 0.4) is 0 Å². The van der Waals surface area contributed by atoms with E-state index in [1.165, 1.54) is 5.56 Å². The minimum absolute atomic E-state index is 0.147. The summed E-state index contributed by atoms with van der Waals surface area (Å²) in [5.41, 5.74) is 5.65. The summed E-state index contributed by atoms with van der Waals surface area (Å²) in [5, 5.41) is 8.90. The fourth-order valence-corrected chi connectivity index (χ4v) is 3.65. The first-order chi connectivity index (χ1) is 15.0. The average Bonchev–Trinajstić information content (AvgIpc) is 2.79. The van der Waals surface area contributed by atoms with E-state index in [0.29, 0.717) is 12.4 Å². The largest absolute Gasteiger partial charge is 0.388 e. The highest BCUT2D eigenvalue weighted by molar-refractivity contribution is 7.99. The highest BCUT2D eigenvalue weighted by Gasteiger charge is 2.13. The van der Waals surface area contributed by atoms with Crippen molar-refractivity contribution >= 4 is 29.1 Å². The van der Waals surface area contributed by atoms with Crippen molar-refractivity contribution in [3.8, 4) is 12.8 Å². The summed E-state index contributed by atoms with van der Waals surface area (Å²) in [6, 6.07) is 4.23. The summed E-state index contributed by atoms with van der Waals surface area (Å²) in [6.07, 6.45) is 17.9. The summed E-state index contributed by atoms with van der Waals surface area (Å²) in [4.78, 5) is 12.8. The predicted octanol–water partition coefficient (Wildman–Crippen LogP) is 6.37. The lowest BCUT2D eigenvalue weighted by Crippen LogP contribution is -2.34. The normalized spacial score (nSPS) is 10.9. The van der Waals surface area contributed by atoms with Gasteiger partial charge in [-0.3, -0.25) is 0 Å². The number of hydrogen-bond donors (Lipinski definition) is 3. The van der Waals surface area contributed by atoms with Gasteiger partial charge in [-0.2, -0.15) is 0 Å². The maximum Gasteiger partial charge on any atom is 0.315 e. The molecule has 3 N–H and O–H groups in total. The molecule has 5 heteroatoms. The lowest BCUT2D eigenvalue weighted by molar-refractivity contribution is 0.243. The number of benzene rings is 1. The van der Waals surface area contributed by atoms with Crippen molar-refractivity contribution in [1.29, 1.82) is 0 Å². The number of carbonyl (C=O) groups is 1. The molecule has 0 spiro atoms. The molecule has 0 heterocycles. The molecule has 0 bridgehead atoms. The number of hydrogen-bond acceptors (Lipinski definition) is 3. The molecule has 0 aromatic heterocycles. The minimum atomic E-state index is -0.147. The zero-order valence-corrected chi connectivity index (χ0v) is 21.0. The van der Waals surface area contributed by atoms with Crippen molar-refractivity contribution < 1.29 is 4.79 Å². The Balaban J connectivity index is 0. The maximum atomic E-state index is 11.6. The van der Waals surface area contributed by atoms with Crippen LogP contribution in [0.2, 0.25) is 0 Å². The van der Waals surface area contributed by atoms with Crippen molar-refractivity contribution in [2.24, 2.45) is 0 Å². The lowest BCUT2D eigenvalue weighted by atomic mass is 9.98. The third-order valence-electron chi connectivity index (χ3n) is 3.97. The van der Waals surface area contributed by atoms with Gasteiger partial charge >= 0.3 is 6.03 Å². The first kappa shape index (κ1) is 30.4. The van der Waals surface area contributed by atoms with E-state index in [9.17, 15) is 4.79 Å². The van der Waals surface area contributed by atoms with Gasteiger partial charge < -0.3 is 16.0 Å². The Hall–Kier alpha value is -2.84. The third-order valence-corrected chi connectivity index (χ3v) is 5.08. The van der Waals surface area contributed by atoms with E-state index in [1.54, 1.807) is 17.8 Å². The summed E-state index contributed by atoms with van der Waals surface area (Å²) < 4.78 is 0. The van der Waals surface area contributed by atoms with Crippen LogP contribution in [0.4, 0.5) is 4.79 Å². The Morgan fingerprint density at radius 1 is 1.16 bits per heavy atom. The number of aryl methyl sites for hydroxylation is 1. The standard InChI is InChI=1S/C22H31N3OS.C2H6.C2H2/c1-7-11-12-17(8-2)18-13-16(5)21(19(14-18)20(9-3)23-6)27-15-25-22(26)24-10-4;2*1-2/h7-9,11-14,23H,1,10,15H2,2-6H3,(H2,24,25,26);1-2H3;1-2H/b12-11-,17-8+,20-9-;;. The summed E-state index contributed by atoms with van der Waals surface area (Å²) >= 11 is 1.63. The van der Waals surface area contributed by atoms with Crippen molar-refractivity contribution in [3.05, 3.63) is 65.8 Å². The van der Waals surface area contributed by atoms with Crippen LogP contribution in [0.25, 0.3) is 11.3 Å². The minimum Gasteiger partial charge on any atom is -0.388 e. The van der Waals surface area contributed by atoms with Crippen LogP contribution >= 0.6 is 11.8 Å². The molecule has 31 heavy (non-hydrogen) atoms. The number of amides is 2. The quantitative estimate of drug-likeness (QED) is 0.181. The van der Waals surface area contributed by atoms with Crippen LogP contribution < -0.4 is 16.0 Å². The Bertz CT molecular complexity index is 789. The molecule has 0 saturated heterocycles. The van der Waals surface area contributed by atoms with Gasteiger partial charge in [0.15, 0.2) is 0 Å². The number of nitrogens with one attached hydrogen (secondary N) is 3. The number of carbonyl (C=O) groups excluding carboxylic acids is 1. The van der Waals surface area contributed by atoms with Gasteiger partial charge in [0.1, 0.15) is 0 Å². The second kappa shape index (κ2) is 19.1. The van der Waals surface area contributed by atoms with E-state index in [2.05, 4.69) is 72.7 Å². The molecule has 0 unspecified atom stereocenters. The number of terminal acetylenes is 1. The average molecular weight is 442 g/mol. The monoisotopic (exact) mass is 441 g/mol. The molecule has 4 nitrogen and oxygen atoms in total. The smallest absolute Gasteiger partial charge is 0.315 e. The van der Waals surface area contributed by atoms with E-state index < -0.39 is 0 Å². The summed E-state index contributed by atoms with van der Waals surface area (Å²) in [5.74, 6) is 0.507. The van der Waals surface area contributed by atoms with E-state index in [0.717, 1.165) is 27.3 Å². The predicted molar refractivity (Wildman–Crippen MR) is 141 cm³/mol. The van der Waals surface area contributed by atoms with Crippen LogP contribution in [0.15, 0.2) is 54.0 Å². The highest BCUT2D eigenvalue weighted by Crippen LogP contribution is 2.33. The van der Waals surface area contributed by atoms with E-state index in [1.807, 2.05) is 47.7 Å². The molecule has 0 saturated carbocycles. The molecule has 0 aliphatic rings. The van der Waals surface area contributed by atoms with Crippen molar-refractivity contribution in [2.75, 3.05) is 19.5 Å². The zero-order chi connectivity index (χ0) is 24.2. The second-order valence-electron chi connectivity index (χ2n) is 5.79. The fourth-order valence-electron chi connectivity index (χ4n) is 2.69. The van der Waals surface area contributed by atoms with Gasteiger partial charge in [-0.05, 0) is 50.5 Å². The molecule has 0 radical (unpaired) electrons. The first-order valence-corrected chi connectivity index (χ1v) is 11.4. The molecule has 0 fully saturated rings. The number of allylic oxidation sites excluding steroid dienone is 6. The summed E-state index contributed by atoms with van der Waals surface area (Å²) in [6.45, 7) is 16.4. The van der Waals surface area contributed by atoms with Crippen LogP contribution in [0.5, 0.6) is 0 Å². The van der Waals surface area contributed by atoms with Gasteiger partial charge in [-0.25, -0.2) is 4.79 Å². The Morgan fingerprint density at radius 2 is 1.81 bits per heavy atom. The lowest BCUT2D eigenvalue weighted by Gasteiger charge is -2.18. The number of urea groups is 1. The third kappa shape index (κ3) is 10.7. The van der Waals surface area contributed by atoms with Gasteiger partial charge in [0.2, 0.25) is 0 Å². The Kier molecular flexibility index (Phi) is 18.7. The van der Waals surface area contributed by atoms with Crippen molar-refractivity contribution in [2.45, 2.75) is 46.4 Å². The van der Waals surface area contributed by atoms with Gasteiger partial charge in [-0.1, -0.05) is 56.9 Å². The van der Waals surface area contributed by atoms with Gasteiger partial charge in [-0.15, -0.1) is 24.6 Å². The molecule has 1 rings (SSSR count). The highest BCUT2D eigenvalue weighted by atomic mass is 32.2. The molecule has 170 valence electrons. The van der Waals surface area contributed by atoms with Gasteiger partial charge in [0, 0.05) is 29.7 Å². The SMILES string of the molecule is C#C.C=C/C=C\C(=C/C)c1cc(C)c(SCNC(=O)NCC)c(/C(=C/C)NC)c1.CC. The van der Waals surface area contributed by atoms with E-state index in [-0.39, 0.29) is 6.03 Å². The Labute approximate surface area is 194 Å². The van der Waals surface area contributed by atoms with E-state index >= 15 is 0 Å². The zero-order valence-electron chi connectivity index (χ0n) is 20.1. The number of rotatable bonds is 9. The van der Waals surface area contributed by atoms with Crippen molar-refractivity contribution in [3.63, 3.8) is 0 Å². The molecule has 0 aliphatic heterocycles. The first-order valence-electron chi connectivity index (χ1n) is 10.4. The molecule has 1 aromatic rings. The molecule has 2 amide bonds.